The van der Waals surface area contributed by atoms with Crippen molar-refractivity contribution in [2.75, 3.05) is 19.8 Å². The zero-order chi connectivity index (χ0) is 23.2. The quantitative estimate of drug-likeness (QED) is 0.260. The molecule has 0 amide bonds. The van der Waals surface area contributed by atoms with E-state index in [0.29, 0.717) is 10.3 Å². The van der Waals surface area contributed by atoms with Crippen molar-refractivity contribution in [3.05, 3.63) is 106 Å². The van der Waals surface area contributed by atoms with E-state index in [1.54, 1.807) is 0 Å². The van der Waals surface area contributed by atoms with Crippen LogP contribution in [0, 0.1) is 0 Å². The van der Waals surface area contributed by atoms with Crippen LogP contribution in [-0.2, 0) is 12.8 Å². The van der Waals surface area contributed by atoms with E-state index in [4.69, 9.17) is 23.2 Å². The number of benzene rings is 4. The summed E-state index contributed by atoms with van der Waals surface area (Å²) in [5, 5.41) is 6.40. The summed E-state index contributed by atoms with van der Waals surface area (Å²) < 4.78 is 0. The Balaban J connectivity index is 0.00000126. The summed E-state index contributed by atoms with van der Waals surface area (Å²) in [5.74, 6) is 0. The second kappa shape index (κ2) is 11.0. The highest BCUT2D eigenvalue weighted by Gasteiger charge is 2.26. The lowest BCUT2D eigenvalue weighted by atomic mass is 10.1. The van der Waals surface area contributed by atoms with E-state index >= 15 is 0 Å². The van der Waals surface area contributed by atoms with Crippen LogP contribution in [-0.4, -0.2) is 29.6 Å². The van der Waals surface area contributed by atoms with Crippen molar-refractivity contribution in [2.45, 2.75) is 26.7 Å². The van der Waals surface area contributed by atoms with Crippen molar-refractivity contribution in [3.63, 3.8) is 0 Å². The molecule has 4 heteroatoms. The van der Waals surface area contributed by atoms with Gasteiger partial charge in [0.05, 0.1) is 6.67 Å². The molecule has 33 heavy (non-hydrogen) atoms. The highest BCUT2D eigenvalue weighted by Crippen LogP contribution is 2.30. The molecule has 4 aromatic carbocycles. The Morgan fingerprint density at radius 1 is 0.576 bits per heavy atom. The number of rotatable bonds is 6. The SMILES string of the molecule is CC.ClC1=C(Cl)N(CCc2ccc3ccccc3c2)CN1CCc1ccc2ccccc2c1. The van der Waals surface area contributed by atoms with Crippen molar-refractivity contribution in [2.24, 2.45) is 0 Å². The Kier molecular flexibility index (Phi) is 7.80. The van der Waals surface area contributed by atoms with E-state index < -0.39 is 0 Å². The van der Waals surface area contributed by atoms with Gasteiger partial charge in [0.25, 0.3) is 0 Å². The fourth-order valence-electron chi connectivity index (χ4n) is 4.25. The van der Waals surface area contributed by atoms with Crippen molar-refractivity contribution in [1.82, 2.24) is 9.80 Å². The fourth-order valence-corrected chi connectivity index (χ4v) is 4.76. The third-order valence-electron chi connectivity index (χ3n) is 6.04. The lowest BCUT2D eigenvalue weighted by Gasteiger charge is -2.22. The number of hydrogen-bond donors (Lipinski definition) is 0. The molecule has 0 aliphatic carbocycles. The summed E-state index contributed by atoms with van der Waals surface area (Å²) in [6.45, 7) is 6.43. The number of fused-ring (bicyclic) bond motifs is 2. The first-order chi connectivity index (χ1) is 16.2. The van der Waals surface area contributed by atoms with Gasteiger partial charge in [-0.25, -0.2) is 0 Å². The van der Waals surface area contributed by atoms with Gasteiger partial charge < -0.3 is 9.80 Å². The predicted octanol–water partition coefficient (Wildman–Crippen LogP) is 7.98. The molecule has 0 radical (unpaired) electrons. The largest absolute Gasteiger partial charge is 0.342 e. The molecular formula is C29H30Cl2N2. The maximum atomic E-state index is 6.58. The molecule has 0 spiro atoms. The zero-order valence-corrected chi connectivity index (χ0v) is 20.8. The Morgan fingerprint density at radius 2 is 0.970 bits per heavy atom. The molecule has 0 saturated carbocycles. The summed E-state index contributed by atoms with van der Waals surface area (Å²) in [6.07, 6.45) is 1.87. The van der Waals surface area contributed by atoms with Crippen molar-refractivity contribution < 1.29 is 0 Å². The average molecular weight is 477 g/mol. The first-order valence-corrected chi connectivity index (χ1v) is 12.4. The van der Waals surface area contributed by atoms with Crippen molar-refractivity contribution in [3.8, 4) is 0 Å². The highest BCUT2D eigenvalue weighted by atomic mass is 35.5. The molecule has 1 aliphatic rings. The van der Waals surface area contributed by atoms with Gasteiger partial charge in [-0.2, -0.15) is 0 Å². The second-order valence-corrected chi connectivity index (χ2v) is 8.83. The Hall–Kier alpha value is -2.68. The normalized spacial score (nSPS) is 13.6. The van der Waals surface area contributed by atoms with Gasteiger partial charge in [-0.1, -0.05) is 122 Å². The zero-order valence-electron chi connectivity index (χ0n) is 19.3. The van der Waals surface area contributed by atoms with Gasteiger partial charge in [-0.3, -0.25) is 0 Å². The van der Waals surface area contributed by atoms with Crippen molar-refractivity contribution >= 4 is 44.7 Å². The Labute approximate surface area is 207 Å². The molecule has 1 heterocycles. The molecule has 4 aromatic rings. The van der Waals surface area contributed by atoms with Gasteiger partial charge in [0.2, 0.25) is 0 Å². The molecule has 0 bridgehead atoms. The molecule has 170 valence electrons. The predicted molar refractivity (Wildman–Crippen MR) is 144 cm³/mol. The molecular weight excluding hydrogens is 447 g/mol. The molecule has 0 unspecified atom stereocenters. The Morgan fingerprint density at radius 3 is 1.39 bits per heavy atom. The van der Waals surface area contributed by atoms with Crippen molar-refractivity contribution in [1.29, 1.82) is 0 Å². The van der Waals surface area contributed by atoms with Crippen LogP contribution in [0.1, 0.15) is 25.0 Å². The van der Waals surface area contributed by atoms with E-state index in [0.717, 1.165) is 32.6 Å². The van der Waals surface area contributed by atoms with Crippen LogP contribution in [0.2, 0.25) is 0 Å². The van der Waals surface area contributed by atoms with Gasteiger partial charge in [0.1, 0.15) is 10.3 Å². The maximum Gasteiger partial charge on any atom is 0.141 e. The van der Waals surface area contributed by atoms with E-state index in [9.17, 15) is 0 Å². The van der Waals surface area contributed by atoms with E-state index in [2.05, 4.69) is 94.7 Å². The number of nitrogens with zero attached hydrogens (tertiary/aromatic N) is 2. The van der Waals surface area contributed by atoms with Crippen LogP contribution in [0.4, 0.5) is 0 Å². The monoisotopic (exact) mass is 476 g/mol. The van der Waals surface area contributed by atoms with Gasteiger partial charge in [-0.05, 0) is 45.5 Å². The summed E-state index contributed by atoms with van der Waals surface area (Å²) in [4.78, 5) is 4.33. The molecule has 5 rings (SSSR count). The summed E-state index contributed by atoms with van der Waals surface area (Å²) in [6, 6.07) is 30.2. The molecule has 0 atom stereocenters. The number of hydrogen-bond acceptors (Lipinski definition) is 2. The van der Waals surface area contributed by atoms with Crippen LogP contribution in [0.25, 0.3) is 21.5 Å². The minimum Gasteiger partial charge on any atom is -0.342 e. The standard InChI is InChI=1S/C27H24Cl2N2.C2H6/c28-26-27(29)31(16-14-21-10-12-23-6-2-4-8-25(23)18-21)19-30(26)15-13-20-9-11-22-5-1-3-7-24(22)17-20;1-2/h1-12,17-18H,13-16,19H2;1-2H3. The smallest absolute Gasteiger partial charge is 0.141 e. The van der Waals surface area contributed by atoms with Gasteiger partial charge in [-0.15, -0.1) is 0 Å². The lowest BCUT2D eigenvalue weighted by molar-refractivity contribution is 0.262. The molecule has 2 nitrogen and oxygen atoms in total. The molecule has 0 aromatic heterocycles. The minimum absolute atomic E-state index is 0.654. The van der Waals surface area contributed by atoms with Crippen LogP contribution in [0.3, 0.4) is 0 Å². The van der Waals surface area contributed by atoms with E-state index in [1.165, 1.54) is 32.7 Å². The van der Waals surface area contributed by atoms with Crippen LogP contribution < -0.4 is 0 Å². The van der Waals surface area contributed by atoms with Crippen LogP contribution in [0.15, 0.2) is 95.2 Å². The summed E-state index contributed by atoms with van der Waals surface area (Å²) in [5.41, 5.74) is 2.63. The second-order valence-electron chi connectivity index (χ2n) is 8.11. The Bertz CT molecular complexity index is 1170. The van der Waals surface area contributed by atoms with Gasteiger partial charge in [0, 0.05) is 13.1 Å². The topological polar surface area (TPSA) is 6.48 Å². The molecule has 0 N–H and O–H groups in total. The summed E-state index contributed by atoms with van der Waals surface area (Å²) in [7, 11) is 0. The highest BCUT2D eigenvalue weighted by molar-refractivity contribution is 6.38. The molecule has 1 aliphatic heterocycles. The third kappa shape index (κ3) is 5.46. The molecule has 0 saturated heterocycles. The first-order valence-electron chi connectivity index (χ1n) is 11.7. The van der Waals surface area contributed by atoms with Crippen LogP contribution >= 0.6 is 23.2 Å². The summed E-state index contributed by atoms with van der Waals surface area (Å²) >= 11 is 13.2. The number of halogens is 2. The van der Waals surface area contributed by atoms with E-state index in [-0.39, 0.29) is 0 Å². The lowest BCUT2D eigenvalue weighted by Crippen LogP contribution is -2.29. The third-order valence-corrected chi connectivity index (χ3v) is 6.97. The van der Waals surface area contributed by atoms with Crippen LogP contribution in [0.5, 0.6) is 0 Å². The fraction of sp³-hybridized carbons (Fsp3) is 0.241. The first kappa shape index (κ1) is 23.5. The van der Waals surface area contributed by atoms with Gasteiger partial charge in [0.15, 0.2) is 0 Å². The van der Waals surface area contributed by atoms with E-state index in [1.807, 2.05) is 13.8 Å². The average Bonchev–Trinajstić information content (AvgIpc) is 3.15. The minimum atomic E-state index is 0.654. The maximum absolute atomic E-state index is 6.58. The molecule has 0 fully saturated rings. The van der Waals surface area contributed by atoms with Gasteiger partial charge >= 0.3 is 0 Å².